The van der Waals surface area contributed by atoms with E-state index in [1.165, 1.54) is 24.0 Å². The Bertz CT molecular complexity index is 269. The Hall–Kier alpha value is -0.960. The molecule has 0 heteroatoms. The summed E-state index contributed by atoms with van der Waals surface area (Å²) in [4.78, 5) is 0. The molecule has 0 saturated carbocycles. The van der Waals surface area contributed by atoms with Crippen molar-refractivity contribution >= 4 is 0 Å². The molecule has 0 saturated heterocycles. The van der Waals surface area contributed by atoms with Gasteiger partial charge in [-0.3, -0.25) is 0 Å². The van der Waals surface area contributed by atoms with Gasteiger partial charge in [0, 0.05) is 6.42 Å². The van der Waals surface area contributed by atoms with Crippen LogP contribution in [0.5, 0.6) is 0 Å². The standard InChI is InChI=1S/C16H26/c1-6-7-8-9-10-11-15(4)16(5)13-12-14(2)3/h1,11-12,16H,7-10,13H2,2-5H3. The van der Waals surface area contributed by atoms with Gasteiger partial charge in [0.1, 0.15) is 0 Å². The molecule has 16 heavy (non-hydrogen) atoms. The second kappa shape index (κ2) is 9.28. The minimum absolute atomic E-state index is 0.669. The zero-order valence-electron chi connectivity index (χ0n) is 11.3. The Morgan fingerprint density at radius 3 is 2.44 bits per heavy atom. The van der Waals surface area contributed by atoms with E-state index in [9.17, 15) is 0 Å². The topological polar surface area (TPSA) is 0 Å². The monoisotopic (exact) mass is 218 g/mol. The van der Waals surface area contributed by atoms with E-state index in [-0.39, 0.29) is 0 Å². The van der Waals surface area contributed by atoms with Crippen LogP contribution in [0, 0.1) is 18.3 Å². The molecule has 0 fully saturated rings. The van der Waals surface area contributed by atoms with Crippen LogP contribution in [0.4, 0.5) is 0 Å². The molecule has 0 bridgehead atoms. The van der Waals surface area contributed by atoms with Crippen LogP contribution in [0.15, 0.2) is 23.3 Å². The maximum absolute atomic E-state index is 5.21. The van der Waals surface area contributed by atoms with Gasteiger partial charge >= 0.3 is 0 Å². The second-order valence-corrected chi connectivity index (χ2v) is 4.82. The lowest BCUT2D eigenvalue weighted by Crippen LogP contribution is -1.94. The highest BCUT2D eigenvalue weighted by atomic mass is 14.1. The average Bonchev–Trinajstić information content (AvgIpc) is 2.25. The van der Waals surface area contributed by atoms with Gasteiger partial charge in [-0.15, -0.1) is 12.3 Å². The Morgan fingerprint density at radius 2 is 1.88 bits per heavy atom. The summed E-state index contributed by atoms with van der Waals surface area (Å²) in [7, 11) is 0. The first-order chi connectivity index (χ1) is 7.57. The van der Waals surface area contributed by atoms with E-state index in [0.29, 0.717) is 5.92 Å². The molecule has 0 aliphatic rings. The Balaban J connectivity index is 3.84. The molecule has 0 heterocycles. The molecule has 1 atom stereocenters. The molecule has 0 N–H and O–H groups in total. The van der Waals surface area contributed by atoms with Crippen molar-refractivity contribution in [3.63, 3.8) is 0 Å². The van der Waals surface area contributed by atoms with E-state index in [4.69, 9.17) is 6.42 Å². The molecular weight excluding hydrogens is 192 g/mol. The molecule has 90 valence electrons. The molecule has 0 spiro atoms. The number of terminal acetylenes is 1. The molecule has 0 aromatic heterocycles. The van der Waals surface area contributed by atoms with Crippen molar-refractivity contribution in [2.45, 2.75) is 59.8 Å². The van der Waals surface area contributed by atoms with Crippen molar-refractivity contribution in [3.05, 3.63) is 23.3 Å². The SMILES string of the molecule is C#CCCCCC=C(C)C(C)CC=C(C)C. The Morgan fingerprint density at radius 1 is 1.19 bits per heavy atom. The predicted octanol–water partition coefficient (Wildman–Crippen LogP) is 5.12. The fourth-order valence-corrected chi connectivity index (χ4v) is 1.50. The lowest BCUT2D eigenvalue weighted by atomic mass is 9.96. The van der Waals surface area contributed by atoms with Gasteiger partial charge in [-0.05, 0) is 52.4 Å². The number of hydrogen-bond acceptors (Lipinski definition) is 0. The molecule has 0 amide bonds. The molecule has 0 aliphatic carbocycles. The van der Waals surface area contributed by atoms with Crippen LogP contribution >= 0.6 is 0 Å². The van der Waals surface area contributed by atoms with E-state index < -0.39 is 0 Å². The molecular formula is C16H26. The van der Waals surface area contributed by atoms with E-state index in [2.05, 4.69) is 45.8 Å². The minimum atomic E-state index is 0.669. The second-order valence-electron chi connectivity index (χ2n) is 4.82. The lowest BCUT2D eigenvalue weighted by molar-refractivity contribution is 0.679. The zero-order valence-corrected chi connectivity index (χ0v) is 11.3. The van der Waals surface area contributed by atoms with Crippen molar-refractivity contribution in [2.24, 2.45) is 5.92 Å². The number of unbranched alkanes of at least 4 members (excludes halogenated alkanes) is 3. The summed E-state index contributed by atoms with van der Waals surface area (Å²) >= 11 is 0. The van der Waals surface area contributed by atoms with Crippen molar-refractivity contribution in [2.75, 3.05) is 0 Å². The van der Waals surface area contributed by atoms with Crippen LogP contribution in [0.1, 0.15) is 59.8 Å². The molecule has 0 aromatic carbocycles. The van der Waals surface area contributed by atoms with E-state index in [1.54, 1.807) is 0 Å². The molecule has 0 aliphatic heterocycles. The van der Waals surface area contributed by atoms with E-state index in [0.717, 1.165) is 19.3 Å². The van der Waals surface area contributed by atoms with Crippen LogP contribution in [0.2, 0.25) is 0 Å². The molecule has 0 rings (SSSR count). The largest absolute Gasteiger partial charge is 0.120 e. The van der Waals surface area contributed by atoms with E-state index >= 15 is 0 Å². The minimum Gasteiger partial charge on any atom is -0.120 e. The maximum atomic E-state index is 5.21. The van der Waals surface area contributed by atoms with Gasteiger partial charge in [-0.2, -0.15) is 0 Å². The quantitative estimate of drug-likeness (QED) is 0.316. The van der Waals surface area contributed by atoms with Crippen LogP contribution < -0.4 is 0 Å². The highest BCUT2D eigenvalue weighted by Gasteiger charge is 2.01. The van der Waals surface area contributed by atoms with Crippen molar-refractivity contribution in [1.29, 1.82) is 0 Å². The van der Waals surface area contributed by atoms with Gasteiger partial charge in [-0.25, -0.2) is 0 Å². The summed E-state index contributed by atoms with van der Waals surface area (Å²) in [5.41, 5.74) is 2.92. The predicted molar refractivity (Wildman–Crippen MR) is 74.3 cm³/mol. The number of hydrogen-bond donors (Lipinski definition) is 0. The first kappa shape index (κ1) is 15.0. The Labute approximate surface area is 102 Å². The summed E-state index contributed by atoms with van der Waals surface area (Å²) in [5, 5.41) is 0. The highest BCUT2D eigenvalue weighted by molar-refractivity contribution is 5.06. The summed E-state index contributed by atoms with van der Waals surface area (Å²) in [6, 6.07) is 0. The third-order valence-corrected chi connectivity index (χ3v) is 2.90. The van der Waals surface area contributed by atoms with E-state index in [1.807, 2.05) is 0 Å². The van der Waals surface area contributed by atoms with Crippen LogP contribution in [0.25, 0.3) is 0 Å². The number of rotatable bonds is 7. The van der Waals surface area contributed by atoms with Crippen LogP contribution in [-0.4, -0.2) is 0 Å². The Kier molecular flexibility index (Phi) is 8.72. The summed E-state index contributed by atoms with van der Waals surface area (Å²) in [5.74, 6) is 3.35. The first-order valence-electron chi connectivity index (χ1n) is 6.31. The average molecular weight is 218 g/mol. The molecule has 0 nitrogen and oxygen atoms in total. The maximum Gasteiger partial charge on any atom is 0.00861 e. The molecule has 1 unspecified atom stereocenters. The van der Waals surface area contributed by atoms with Crippen molar-refractivity contribution in [1.82, 2.24) is 0 Å². The van der Waals surface area contributed by atoms with Gasteiger partial charge in [0.05, 0.1) is 0 Å². The third kappa shape index (κ3) is 8.36. The van der Waals surface area contributed by atoms with Gasteiger partial charge < -0.3 is 0 Å². The van der Waals surface area contributed by atoms with Gasteiger partial charge in [0.25, 0.3) is 0 Å². The van der Waals surface area contributed by atoms with Crippen LogP contribution in [0.3, 0.4) is 0 Å². The summed E-state index contributed by atoms with van der Waals surface area (Å²) in [6.07, 6.45) is 15.5. The fourth-order valence-electron chi connectivity index (χ4n) is 1.50. The van der Waals surface area contributed by atoms with Crippen molar-refractivity contribution in [3.8, 4) is 12.3 Å². The summed E-state index contributed by atoms with van der Waals surface area (Å²) in [6.45, 7) is 8.86. The van der Waals surface area contributed by atoms with Crippen molar-refractivity contribution < 1.29 is 0 Å². The lowest BCUT2D eigenvalue weighted by Gasteiger charge is -2.10. The molecule has 0 radical (unpaired) electrons. The van der Waals surface area contributed by atoms with Gasteiger partial charge in [0.15, 0.2) is 0 Å². The smallest absolute Gasteiger partial charge is 0.00861 e. The third-order valence-electron chi connectivity index (χ3n) is 2.90. The normalized spacial score (nSPS) is 13.1. The van der Waals surface area contributed by atoms with Gasteiger partial charge in [-0.1, -0.05) is 30.2 Å². The van der Waals surface area contributed by atoms with Gasteiger partial charge in [0.2, 0.25) is 0 Å². The molecule has 0 aromatic rings. The highest BCUT2D eigenvalue weighted by Crippen LogP contribution is 2.17. The fraction of sp³-hybridized carbons (Fsp3) is 0.625. The summed E-state index contributed by atoms with van der Waals surface area (Å²) < 4.78 is 0. The number of allylic oxidation sites excluding steroid dienone is 4. The van der Waals surface area contributed by atoms with Crippen LogP contribution in [-0.2, 0) is 0 Å². The zero-order chi connectivity index (χ0) is 12.4. The first-order valence-corrected chi connectivity index (χ1v) is 6.31.